The zero-order chi connectivity index (χ0) is 15.5. The van der Waals surface area contributed by atoms with E-state index < -0.39 is 10.0 Å². The van der Waals surface area contributed by atoms with Gasteiger partial charge in [-0.3, -0.25) is 4.72 Å². The minimum Gasteiger partial charge on any atom is -0.392 e. The van der Waals surface area contributed by atoms with Gasteiger partial charge < -0.3 is 5.11 Å². The van der Waals surface area contributed by atoms with Gasteiger partial charge >= 0.3 is 0 Å². The molecule has 0 aliphatic heterocycles. The van der Waals surface area contributed by atoms with Crippen molar-refractivity contribution in [2.24, 2.45) is 0 Å². The second-order valence-electron chi connectivity index (χ2n) is 4.91. The molecule has 0 aliphatic rings. The molecule has 5 heteroatoms. The number of aliphatic hydroxyl groups excluding tert-OH is 1. The molecular formula is C16H19NO3S. The van der Waals surface area contributed by atoms with Crippen LogP contribution in [0.3, 0.4) is 0 Å². The van der Waals surface area contributed by atoms with Gasteiger partial charge in [0.05, 0.1) is 11.5 Å². The van der Waals surface area contributed by atoms with Gasteiger partial charge in [0.25, 0.3) is 10.0 Å². The van der Waals surface area contributed by atoms with Crippen LogP contribution in [0.5, 0.6) is 0 Å². The van der Waals surface area contributed by atoms with E-state index in [1.165, 1.54) is 6.07 Å². The second-order valence-corrected chi connectivity index (χ2v) is 6.60. The highest BCUT2D eigenvalue weighted by Crippen LogP contribution is 2.20. The van der Waals surface area contributed by atoms with Crippen molar-refractivity contribution in [3.8, 4) is 0 Å². The standard InChI is InChI=1S/C16H19NO3S/c1-3-13-6-9-16(10-14(13)11-18)21(19,20)17-15-7-4-12(2)5-8-15/h4-10,17-18H,3,11H2,1-2H3. The molecule has 2 rings (SSSR count). The molecule has 112 valence electrons. The smallest absolute Gasteiger partial charge is 0.261 e. The van der Waals surface area contributed by atoms with E-state index in [0.717, 1.165) is 17.5 Å². The number of anilines is 1. The number of nitrogens with one attached hydrogen (secondary N) is 1. The van der Waals surface area contributed by atoms with Crippen LogP contribution in [0.15, 0.2) is 47.4 Å². The molecule has 0 spiro atoms. The monoisotopic (exact) mass is 305 g/mol. The second kappa shape index (κ2) is 6.28. The number of rotatable bonds is 5. The summed E-state index contributed by atoms with van der Waals surface area (Å²) < 4.78 is 27.3. The Labute approximate surface area is 125 Å². The third kappa shape index (κ3) is 3.62. The van der Waals surface area contributed by atoms with E-state index in [4.69, 9.17) is 0 Å². The molecule has 0 unspecified atom stereocenters. The van der Waals surface area contributed by atoms with Crippen LogP contribution < -0.4 is 4.72 Å². The van der Waals surface area contributed by atoms with Crippen molar-refractivity contribution in [1.82, 2.24) is 0 Å². The molecule has 0 aromatic heterocycles. The first kappa shape index (κ1) is 15.5. The van der Waals surface area contributed by atoms with Gasteiger partial charge in [0.15, 0.2) is 0 Å². The zero-order valence-corrected chi connectivity index (χ0v) is 12.9. The van der Waals surface area contributed by atoms with Crippen molar-refractivity contribution in [3.05, 3.63) is 59.2 Å². The Bertz CT molecular complexity index is 722. The van der Waals surface area contributed by atoms with Crippen LogP contribution in [-0.2, 0) is 23.1 Å². The molecule has 0 aliphatic carbocycles. The number of hydrogen-bond donors (Lipinski definition) is 2. The molecule has 0 fully saturated rings. The van der Waals surface area contributed by atoms with Gasteiger partial charge in [-0.05, 0) is 48.7 Å². The average molecular weight is 305 g/mol. The lowest BCUT2D eigenvalue weighted by molar-refractivity contribution is 0.280. The summed E-state index contributed by atoms with van der Waals surface area (Å²) in [6, 6.07) is 12.0. The van der Waals surface area contributed by atoms with E-state index in [9.17, 15) is 13.5 Å². The van der Waals surface area contributed by atoms with Crippen LogP contribution >= 0.6 is 0 Å². The lowest BCUT2D eigenvalue weighted by Gasteiger charge is -2.11. The fourth-order valence-corrected chi connectivity index (χ4v) is 3.21. The molecule has 4 nitrogen and oxygen atoms in total. The Morgan fingerprint density at radius 1 is 1.05 bits per heavy atom. The van der Waals surface area contributed by atoms with Crippen LogP contribution in [-0.4, -0.2) is 13.5 Å². The van der Waals surface area contributed by atoms with E-state index in [-0.39, 0.29) is 11.5 Å². The Morgan fingerprint density at radius 2 is 1.71 bits per heavy atom. The SMILES string of the molecule is CCc1ccc(S(=O)(=O)Nc2ccc(C)cc2)cc1CO. The molecule has 0 amide bonds. The quantitative estimate of drug-likeness (QED) is 0.892. The molecule has 2 N–H and O–H groups in total. The van der Waals surface area contributed by atoms with Gasteiger partial charge in [-0.15, -0.1) is 0 Å². The minimum atomic E-state index is -3.64. The predicted octanol–water partition coefficient (Wildman–Crippen LogP) is 2.85. The van der Waals surface area contributed by atoms with Gasteiger partial charge in [0, 0.05) is 5.69 Å². The van der Waals surface area contributed by atoms with Crippen molar-refractivity contribution in [2.75, 3.05) is 4.72 Å². The molecule has 2 aromatic rings. The van der Waals surface area contributed by atoms with Gasteiger partial charge in [0.1, 0.15) is 0 Å². The van der Waals surface area contributed by atoms with E-state index in [2.05, 4.69) is 4.72 Å². The summed E-state index contributed by atoms with van der Waals surface area (Å²) >= 11 is 0. The number of benzene rings is 2. The molecule has 0 saturated heterocycles. The fraction of sp³-hybridized carbons (Fsp3) is 0.250. The fourth-order valence-electron chi connectivity index (χ4n) is 2.10. The first-order chi connectivity index (χ1) is 9.96. The third-order valence-electron chi connectivity index (χ3n) is 3.34. The maximum Gasteiger partial charge on any atom is 0.261 e. The zero-order valence-electron chi connectivity index (χ0n) is 12.1. The van der Waals surface area contributed by atoms with E-state index in [0.29, 0.717) is 11.3 Å². The number of aliphatic hydroxyl groups is 1. The van der Waals surface area contributed by atoms with Crippen LogP contribution in [0.25, 0.3) is 0 Å². The van der Waals surface area contributed by atoms with Crippen molar-refractivity contribution < 1.29 is 13.5 Å². The number of hydrogen-bond acceptors (Lipinski definition) is 3. The van der Waals surface area contributed by atoms with Gasteiger partial charge in [-0.25, -0.2) is 8.42 Å². The van der Waals surface area contributed by atoms with Gasteiger partial charge in [0.2, 0.25) is 0 Å². The summed E-state index contributed by atoms with van der Waals surface area (Å²) in [4.78, 5) is 0.157. The van der Waals surface area contributed by atoms with E-state index >= 15 is 0 Å². The number of sulfonamides is 1. The molecule has 0 bridgehead atoms. The molecular weight excluding hydrogens is 286 g/mol. The Hall–Kier alpha value is -1.85. The lowest BCUT2D eigenvalue weighted by Crippen LogP contribution is -2.13. The molecule has 0 saturated carbocycles. The summed E-state index contributed by atoms with van der Waals surface area (Å²) in [5.74, 6) is 0. The highest BCUT2D eigenvalue weighted by molar-refractivity contribution is 7.92. The highest BCUT2D eigenvalue weighted by atomic mass is 32.2. The summed E-state index contributed by atoms with van der Waals surface area (Å²) in [6.45, 7) is 3.74. The van der Waals surface area contributed by atoms with Crippen molar-refractivity contribution in [2.45, 2.75) is 31.8 Å². The van der Waals surface area contributed by atoms with Crippen molar-refractivity contribution >= 4 is 15.7 Å². The normalized spacial score (nSPS) is 11.4. The van der Waals surface area contributed by atoms with E-state index in [1.54, 1.807) is 24.3 Å². The maximum absolute atomic E-state index is 12.4. The first-order valence-electron chi connectivity index (χ1n) is 6.78. The average Bonchev–Trinajstić information content (AvgIpc) is 2.48. The summed E-state index contributed by atoms with van der Waals surface area (Å²) in [7, 11) is -3.64. The summed E-state index contributed by atoms with van der Waals surface area (Å²) in [5.41, 5.74) is 3.18. The van der Waals surface area contributed by atoms with Crippen LogP contribution in [0, 0.1) is 6.92 Å². The van der Waals surface area contributed by atoms with Crippen LogP contribution in [0.1, 0.15) is 23.6 Å². The first-order valence-corrected chi connectivity index (χ1v) is 8.26. The summed E-state index contributed by atoms with van der Waals surface area (Å²) in [5, 5.41) is 9.34. The largest absolute Gasteiger partial charge is 0.392 e. The molecule has 0 atom stereocenters. The highest BCUT2D eigenvalue weighted by Gasteiger charge is 2.15. The molecule has 0 heterocycles. The summed E-state index contributed by atoms with van der Waals surface area (Å²) in [6.07, 6.45) is 0.752. The minimum absolute atomic E-state index is 0.157. The third-order valence-corrected chi connectivity index (χ3v) is 4.72. The maximum atomic E-state index is 12.4. The molecule has 21 heavy (non-hydrogen) atoms. The predicted molar refractivity (Wildman–Crippen MR) is 83.7 cm³/mol. The van der Waals surface area contributed by atoms with Crippen molar-refractivity contribution in [1.29, 1.82) is 0 Å². The van der Waals surface area contributed by atoms with Crippen molar-refractivity contribution in [3.63, 3.8) is 0 Å². The molecule has 0 radical (unpaired) electrons. The molecule has 2 aromatic carbocycles. The van der Waals surface area contributed by atoms with E-state index in [1.807, 2.05) is 26.0 Å². The Balaban J connectivity index is 2.33. The van der Waals surface area contributed by atoms with Gasteiger partial charge in [-0.2, -0.15) is 0 Å². The Kier molecular flexibility index (Phi) is 4.65. The number of aryl methyl sites for hydroxylation is 2. The van der Waals surface area contributed by atoms with Gasteiger partial charge in [-0.1, -0.05) is 30.7 Å². The van der Waals surface area contributed by atoms with Crippen LogP contribution in [0.4, 0.5) is 5.69 Å². The van der Waals surface area contributed by atoms with Crippen LogP contribution in [0.2, 0.25) is 0 Å². The lowest BCUT2D eigenvalue weighted by atomic mass is 10.1. The topological polar surface area (TPSA) is 66.4 Å². The Morgan fingerprint density at radius 3 is 2.29 bits per heavy atom.